The highest BCUT2D eigenvalue weighted by molar-refractivity contribution is 8.00. The van der Waals surface area contributed by atoms with Gasteiger partial charge in [-0.3, -0.25) is 4.79 Å². The molecule has 1 fully saturated rings. The van der Waals surface area contributed by atoms with Crippen molar-refractivity contribution in [3.05, 3.63) is 95.9 Å². The van der Waals surface area contributed by atoms with Gasteiger partial charge in [0.2, 0.25) is 5.91 Å². The highest BCUT2D eigenvalue weighted by Crippen LogP contribution is 2.43. The number of thioether (sulfide) groups is 1. The molecule has 3 heterocycles. The van der Waals surface area contributed by atoms with Crippen LogP contribution in [0.2, 0.25) is 0 Å². The monoisotopic (exact) mass is 415 g/mol. The number of rotatable bonds is 5. The quantitative estimate of drug-likeness (QED) is 0.449. The molecule has 0 unspecified atom stereocenters. The zero-order valence-corrected chi connectivity index (χ0v) is 17.4. The SMILES string of the molecule is Cc1ccc(-c2nn(-c3ccccc3)cc2[C@H]2SCC(=O)N2Cc2ccccc2)o1. The largest absolute Gasteiger partial charge is 0.460 e. The van der Waals surface area contributed by atoms with Gasteiger partial charge in [-0.1, -0.05) is 48.5 Å². The molecule has 1 aliphatic rings. The Morgan fingerprint density at radius 1 is 1.03 bits per heavy atom. The van der Waals surface area contributed by atoms with Crippen LogP contribution in [-0.4, -0.2) is 26.3 Å². The summed E-state index contributed by atoms with van der Waals surface area (Å²) < 4.78 is 7.78. The molecule has 6 heteroatoms. The number of para-hydroxylation sites is 1. The molecular weight excluding hydrogens is 394 g/mol. The van der Waals surface area contributed by atoms with Crippen LogP contribution >= 0.6 is 11.8 Å². The molecule has 1 amide bonds. The van der Waals surface area contributed by atoms with Crippen molar-refractivity contribution in [2.45, 2.75) is 18.8 Å². The molecule has 4 aromatic rings. The van der Waals surface area contributed by atoms with Crippen molar-refractivity contribution in [3.63, 3.8) is 0 Å². The lowest BCUT2D eigenvalue weighted by atomic mass is 10.1. The van der Waals surface area contributed by atoms with E-state index in [4.69, 9.17) is 9.52 Å². The van der Waals surface area contributed by atoms with Gasteiger partial charge in [0.1, 0.15) is 16.8 Å². The number of hydrogen-bond acceptors (Lipinski definition) is 4. The first-order valence-electron chi connectivity index (χ1n) is 9.86. The number of carbonyl (C=O) groups excluding carboxylic acids is 1. The molecule has 1 saturated heterocycles. The zero-order valence-electron chi connectivity index (χ0n) is 16.6. The number of carbonyl (C=O) groups is 1. The molecule has 0 spiro atoms. The molecule has 2 aromatic heterocycles. The predicted octanol–water partition coefficient (Wildman–Crippen LogP) is 5.21. The van der Waals surface area contributed by atoms with Gasteiger partial charge in [0.05, 0.1) is 11.4 Å². The van der Waals surface area contributed by atoms with Crippen LogP contribution in [0.25, 0.3) is 17.1 Å². The molecule has 2 aromatic carbocycles. The topological polar surface area (TPSA) is 51.3 Å². The van der Waals surface area contributed by atoms with Gasteiger partial charge in [0.25, 0.3) is 0 Å². The number of hydrogen-bond donors (Lipinski definition) is 0. The highest BCUT2D eigenvalue weighted by Gasteiger charge is 2.36. The van der Waals surface area contributed by atoms with Gasteiger partial charge in [-0.05, 0) is 36.8 Å². The first-order chi connectivity index (χ1) is 14.7. The second-order valence-electron chi connectivity index (χ2n) is 7.29. The van der Waals surface area contributed by atoms with Crippen LogP contribution in [0, 0.1) is 6.92 Å². The molecule has 1 aliphatic heterocycles. The van der Waals surface area contributed by atoms with Crippen molar-refractivity contribution in [1.29, 1.82) is 0 Å². The molecule has 0 N–H and O–H groups in total. The van der Waals surface area contributed by atoms with E-state index in [2.05, 4.69) is 12.1 Å². The van der Waals surface area contributed by atoms with Crippen molar-refractivity contribution in [3.8, 4) is 17.1 Å². The maximum absolute atomic E-state index is 12.7. The minimum atomic E-state index is -0.115. The lowest BCUT2D eigenvalue weighted by Crippen LogP contribution is -2.27. The van der Waals surface area contributed by atoms with Gasteiger partial charge < -0.3 is 9.32 Å². The Balaban J connectivity index is 1.58. The van der Waals surface area contributed by atoms with Crippen molar-refractivity contribution in [2.75, 3.05) is 5.75 Å². The number of aryl methyl sites for hydroxylation is 1. The molecule has 0 bridgehead atoms. The standard InChI is InChI=1S/C24H21N3O2S/c1-17-12-13-21(29-17)23-20(15-27(25-23)19-10-6-3-7-11-19)24-26(22(28)16-30-24)14-18-8-4-2-5-9-18/h2-13,15,24H,14,16H2,1H3/t24-/m1/s1. The molecule has 30 heavy (non-hydrogen) atoms. The van der Waals surface area contributed by atoms with Gasteiger partial charge in [0.15, 0.2) is 5.76 Å². The van der Waals surface area contributed by atoms with E-state index >= 15 is 0 Å². The Labute approximate surface area is 179 Å². The Kier molecular flexibility index (Phi) is 4.93. The fraction of sp³-hybridized carbons (Fsp3) is 0.167. The molecule has 5 nitrogen and oxygen atoms in total. The van der Waals surface area contributed by atoms with Crippen LogP contribution in [0.1, 0.15) is 22.3 Å². The molecule has 0 radical (unpaired) electrons. The summed E-state index contributed by atoms with van der Waals surface area (Å²) in [5.74, 6) is 2.16. The second-order valence-corrected chi connectivity index (χ2v) is 8.36. The first kappa shape index (κ1) is 18.8. The molecular formula is C24H21N3O2S. The van der Waals surface area contributed by atoms with E-state index in [9.17, 15) is 4.79 Å². The van der Waals surface area contributed by atoms with Gasteiger partial charge in [-0.25, -0.2) is 4.68 Å². The second kappa shape index (κ2) is 7.88. The number of aromatic nitrogens is 2. The fourth-order valence-electron chi connectivity index (χ4n) is 3.70. The van der Waals surface area contributed by atoms with E-state index < -0.39 is 0 Å². The molecule has 0 saturated carbocycles. The van der Waals surface area contributed by atoms with E-state index in [0.29, 0.717) is 12.3 Å². The third-order valence-electron chi connectivity index (χ3n) is 5.17. The van der Waals surface area contributed by atoms with Gasteiger partial charge >= 0.3 is 0 Å². The lowest BCUT2D eigenvalue weighted by Gasteiger charge is -2.23. The Morgan fingerprint density at radius 2 is 1.77 bits per heavy atom. The van der Waals surface area contributed by atoms with Crippen LogP contribution in [-0.2, 0) is 11.3 Å². The summed E-state index contributed by atoms with van der Waals surface area (Å²) in [6.07, 6.45) is 2.02. The minimum Gasteiger partial charge on any atom is -0.460 e. The van der Waals surface area contributed by atoms with E-state index in [-0.39, 0.29) is 11.3 Å². The number of amides is 1. The maximum atomic E-state index is 12.7. The van der Waals surface area contributed by atoms with E-state index in [1.165, 1.54) is 0 Å². The van der Waals surface area contributed by atoms with Gasteiger partial charge in [-0.2, -0.15) is 5.10 Å². The summed E-state index contributed by atoms with van der Waals surface area (Å²) in [6.45, 7) is 2.50. The van der Waals surface area contributed by atoms with Crippen LogP contribution in [0.4, 0.5) is 0 Å². The normalized spacial score (nSPS) is 16.4. The fourth-order valence-corrected chi connectivity index (χ4v) is 4.89. The number of nitrogens with zero attached hydrogens (tertiary/aromatic N) is 3. The third-order valence-corrected chi connectivity index (χ3v) is 6.40. The van der Waals surface area contributed by atoms with Crippen molar-refractivity contribution < 1.29 is 9.21 Å². The smallest absolute Gasteiger partial charge is 0.234 e. The van der Waals surface area contributed by atoms with Crippen LogP contribution in [0.15, 0.2) is 83.4 Å². The van der Waals surface area contributed by atoms with E-state index in [1.807, 2.05) is 83.4 Å². The van der Waals surface area contributed by atoms with Gasteiger partial charge in [0, 0.05) is 18.3 Å². The van der Waals surface area contributed by atoms with E-state index in [1.54, 1.807) is 11.8 Å². The zero-order chi connectivity index (χ0) is 20.5. The average molecular weight is 416 g/mol. The van der Waals surface area contributed by atoms with Crippen molar-refractivity contribution >= 4 is 17.7 Å². The maximum Gasteiger partial charge on any atom is 0.234 e. The minimum absolute atomic E-state index is 0.115. The van der Waals surface area contributed by atoms with Crippen LogP contribution in [0.5, 0.6) is 0 Å². The molecule has 5 rings (SSSR count). The summed E-state index contributed by atoms with van der Waals surface area (Å²) >= 11 is 1.64. The Morgan fingerprint density at radius 3 is 2.47 bits per heavy atom. The van der Waals surface area contributed by atoms with Crippen molar-refractivity contribution in [2.24, 2.45) is 0 Å². The summed E-state index contributed by atoms with van der Waals surface area (Å²) in [6, 6.07) is 24.0. The predicted molar refractivity (Wildman–Crippen MR) is 118 cm³/mol. The molecule has 1 atom stereocenters. The molecule has 150 valence electrons. The summed E-state index contributed by atoms with van der Waals surface area (Å²) in [5.41, 5.74) is 3.85. The summed E-state index contributed by atoms with van der Waals surface area (Å²) in [4.78, 5) is 14.7. The Bertz CT molecular complexity index is 1170. The number of furan rings is 1. The average Bonchev–Trinajstić information content (AvgIpc) is 3.49. The lowest BCUT2D eigenvalue weighted by molar-refractivity contribution is -0.128. The highest BCUT2D eigenvalue weighted by atomic mass is 32.2. The van der Waals surface area contributed by atoms with Gasteiger partial charge in [-0.15, -0.1) is 11.8 Å². The van der Waals surface area contributed by atoms with Crippen molar-refractivity contribution in [1.82, 2.24) is 14.7 Å². The first-order valence-corrected chi connectivity index (χ1v) is 10.9. The third kappa shape index (κ3) is 3.55. The van der Waals surface area contributed by atoms with Crippen LogP contribution in [0.3, 0.4) is 0 Å². The van der Waals surface area contributed by atoms with E-state index in [0.717, 1.165) is 34.0 Å². The summed E-state index contributed by atoms with van der Waals surface area (Å²) in [5, 5.41) is 4.73. The summed E-state index contributed by atoms with van der Waals surface area (Å²) in [7, 11) is 0. The molecule has 0 aliphatic carbocycles. The number of benzene rings is 2. The Hall–Kier alpha value is -3.25. The van der Waals surface area contributed by atoms with Crippen LogP contribution < -0.4 is 0 Å².